The van der Waals surface area contributed by atoms with E-state index in [0.29, 0.717) is 11.9 Å². The minimum absolute atomic E-state index is 0.202. The average Bonchev–Trinajstić information content (AvgIpc) is 3.02. The first-order valence-corrected chi connectivity index (χ1v) is 6.05. The zero-order valence-electron chi connectivity index (χ0n) is 8.79. The molecule has 0 amide bonds. The first-order chi connectivity index (χ1) is 7.79. The highest BCUT2D eigenvalue weighted by Gasteiger charge is 2.27. The number of imidazole rings is 1. The maximum atomic E-state index is 13.2. The lowest BCUT2D eigenvalue weighted by Crippen LogP contribution is -2.02. The number of fused-ring (bicyclic) bond motifs is 1. The third kappa shape index (κ3) is 1.59. The molecule has 0 saturated heterocycles. The van der Waals surface area contributed by atoms with Gasteiger partial charge in [0.15, 0.2) is 0 Å². The van der Waals surface area contributed by atoms with Crippen LogP contribution in [-0.2, 0) is 6.42 Å². The molecule has 4 heteroatoms. The smallest absolute Gasteiger partial charge is 0.125 e. The van der Waals surface area contributed by atoms with Gasteiger partial charge in [0.1, 0.15) is 11.6 Å². The van der Waals surface area contributed by atoms with E-state index in [2.05, 4.69) is 9.55 Å². The molecule has 1 heterocycles. The molecule has 0 spiro atoms. The van der Waals surface area contributed by atoms with Crippen LogP contribution in [0, 0.1) is 5.82 Å². The van der Waals surface area contributed by atoms with Crippen LogP contribution in [0.4, 0.5) is 4.39 Å². The van der Waals surface area contributed by atoms with Gasteiger partial charge in [0.2, 0.25) is 0 Å². The van der Waals surface area contributed by atoms with Gasteiger partial charge in [-0.1, -0.05) is 0 Å². The molecule has 1 aromatic carbocycles. The van der Waals surface area contributed by atoms with Crippen LogP contribution in [0.2, 0.25) is 0 Å². The Hall–Kier alpha value is -1.09. The van der Waals surface area contributed by atoms with Gasteiger partial charge in [-0.15, -0.1) is 11.6 Å². The third-order valence-corrected chi connectivity index (χ3v) is 3.14. The van der Waals surface area contributed by atoms with Crippen molar-refractivity contribution in [2.75, 3.05) is 5.88 Å². The largest absolute Gasteiger partial charge is 0.325 e. The second-order valence-corrected chi connectivity index (χ2v) is 4.58. The van der Waals surface area contributed by atoms with Gasteiger partial charge in [0.25, 0.3) is 0 Å². The molecule has 1 aromatic heterocycles. The standard InChI is InChI=1S/C12H12ClFN2/c13-6-5-12-15-10-4-1-8(14)7-11(10)16(12)9-2-3-9/h1,4,7,9H,2-3,5-6H2. The molecule has 1 fully saturated rings. The Labute approximate surface area is 98.0 Å². The van der Waals surface area contributed by atoms with Gasteiger partial charge in [-0.05, 0) is 31.0 Å². The highest BCUT2D eigenvalue weighted by molar-refractivity contribution is 6.17. The molecule has 0 N–H and O–H groups in total. The maximum absolute atomic E-state index is 13.2. The molecule has 1 saturated carbocycles. The van der Waals surface area contributed by atoms with Gasteiger partial charge in [-0.2, -0.15) is 0 Å². The molecular formula is C12H12ClFN2. The van der Waals surface area contributed by atoms with Gasteiger partial charge in [0.05, 0.1) is 11.0 Å². The first-order valence-electron chi connectivity index (χ1n) is 5.52. The molecule has 2 nitrogen and oxygen atoms in total. The topological polar surface area (TPSA) is 17.8 Å². The minimum Gasteiger partial charge on any atom is -0.325 e. The summed E-state index contributed by atoms with van der Waals surface area (Å²) in [5.74, 6) is 1.34. The number of nitrogens with zero attached hydrogens (tertiary/aromatic N) is 2. The van der Waals surface area contributed by atoms with Gasteiger partial charge in [-0.25, -0.2) is 9.37 Å². The molecule has 0 radical (unpaired) electrons. The van der Waals surface area contributed by atoms with Crippen molar-refractivity contribution in [3.63, 3.8) is 0 Å². The van der Waals surface area contributed by atoms with E-state index in [1.165, 1.54) is 6.07 Å². The number of rotatable bonds is 3. The molecule has 0 aliphatic heterocycles. The van der Waals surface area contributed by atoms with Crippen molar-refractivity contribution in [1.29, 1.82) is 0 Å². The molecular weight excluding hydrogens is 227 g/mol. The highest BCUT2D eigenvalue weighted by atomic mass is 35.5. The Morgan fingerprint density at radius 2 is 2.25 bits per heavy atom. The second kappa shape index (κ2) is 3.74. The van der Waals surface area contributed by atoms with Crippen molar-refractivity contribution in [2.45, 2.75) is 25.3 Å². The Morgan fingerprint density at radius 3 is 2.94 bits per heavy atom. The first kappa shape index (κ1) is 10.1. The van der Waals surface area contributed by atoms with Crippen molar-refractivity contribution in [2.24, 2.45) is 0 Å². The summed E-state index contributed by atoms with van der Waals surface area (Å²) in [6, 6.07) is 5.27. The number of hydrogen-bond acceptors (Lipinski definition) is 1. The van der Waals surface area contributed by atoms with E-state index in [-0.39, 0.29) is 5.82 Å². The van der Waals surface area contributed by atoms with E-state index in [1.54, 1.807) is 12.1 Å². The van der Waals surface area contributed by atoms with Crippen molar-refractivity contribution in [3.8, 4) is 0 Å². The van der Waals surface area contributed by atoms with Crippen LogP contribution in [0.5, 0.6) is 0 Å². The second-order valence-electron chi connectivity index (χ2n) is 4.20. The van der Waals surface area contributed by atoms with Crippen molar-refractivity contribution >= 4 is 22.6 Å². The quantitative estimate of drug-likeness (QED) is 0.751. The molecule has 2 aromatic rings. The van der Waals surface area contributed by atoms with Crippen molar-refractivity contribution < 1.29 is 4.39 Å². The minimum atomic E-state index is -0.202. The van der Waals surface area contributed by atoms with E-state index < -0.39 is 0 Å². The van der Waals surface area contributed by atoms with Crippen molar-refractivity contribution in [3.05, 3.63) is 29.8 Å². The fraction of sp³-hybridized carbons (Fsp3) is 0.417. The maximum Gasteiger partial charge on any atom is 0.125 e. The van der Waals surface area contributed by atoms with Crippen LogP contribution in [0.3, 0.4) is 0 Å². The van der Waals surface area contributed by atoms with Crippen LogP contribution in [0.25, 0.3) is 11.0 Å². The van der Waals surface area contributed by atoms with Gasteiger partial charge >= 0.3 is 0 Å². The molecule has 3 rings (SSSR count). The van der Waals surface area contributed by atoms with Crippen LogP contribution >= 0.6 is 11.6 Å². The Bertz CT molecular complexity index is 531. The van der Waals surface area contributed by atoms with Gasteiger partial charge in [-0.3, -0.25) is 0 Å². The Morgan fingerprint density at radius 1 is 1.44 bits per heavy atom. The molecule has 16 heavy (non-hydrogen) atoms. The number of hydrogen-bond donors (Lipinski definition) is 0. The van der Waals surface area contributed by atoms with E-state index in [1.807, 2.05) is 0 Å². The lowest BCUT2D eigenvalue weighted by molar-refractivity contribution is 0.627. The lowest BCUT2D eigenvalue weighted by atomic mass is 10.3. The van der Waals surface area contributed by atoms with E-state index >= 15 is 0 Å². The zero-order valence-corrected chi connectivity index (χ0v) is 9.54. The summed E-state index contributed by atoms with van der Waals surface area (Å²) in [6.07, 6.45) is 3.07. The average molecular weight is 239 g/mol. The summed E-state index contributed by atoms with van der Waals surface area (Å²) in [5, 5.41) is 0. The molecule has 1 aliphatic carbocycles. The predicted octanol–water partition coefficient (Wildman–Crippen LogP) is 3.29. The Kier molecular flexibility index (Phi) is 2.36. The summed E-state index contributed by atoms with van der Waals surface area (Å²) in [4.78, 5) is 4.52. The summed E-state index contributed by atoms with van der Waals surface area (Å²) in [5.41, 5.74) is 1.77. The third-order valence-electron chi connectivity index (χ3n) is 2.95. The van der Waals surface area contributed by atoms with Crippen molar-refractivity contribution in [1.82, 2.24) is 9.55 Å². The summed E-state index contributed by atoms with van der Waals surface area (Å²) >= 11 is 5.76. The Balaban J connectivity index is 2.21. The SMILES string of the molecule is Fc1ccc2nc(CCCl)n(C3CC3)c2c1. The summed E-state index contributed by atoms with van der Waals surface area (Å²) < 4.78 is 15.4. The van der Waals surface area contributed by atoms with Gasteiger partial charge < -0.3 is 4.57 Å². The van der Waals surface area contributed by atoms with E-state index in [9.17, 15) is 4.39 Å². The highest BCUT2D eigenvalue weighted by Crippen LogP contribution is 2.38. The number of benzene rings is 1. The van der Waals surface area contributed by atoms with Crippen LogP contribution in [-0.4, -0.2) is 15.4 Å². The number of aromatic nitrogens is 2. The predicted molar refractivity (Wildman–Crippen MR) is 62.4 cm³/mol. The number of halogens is 2. The van der Waals surface area contributed by atoms with Crippen LogP contribution < -0.4 is 0 Å². The normalized spacial score (nSPS) is 15.9. The molecule has 0 bridgehead atoms. The number of alkyl halides is 1. The fourth-order valence-corrected chi connectivity index (χ4v) is 2.29. The summed E-state index contributed by atoms with van der Waals surface area (Å²) in [7, 11) is 0. The fourth-order valence-electron chi connectivity index (χ4n) is 2.12. The van der Waals surface area contributed by atoms with E-state index in [4.69, 9.17) is 11.6 Å². The monoisotopic (exact) mass is 238 g/mol. The molecule has 84 valence electrons. The van der Waals surface area contributed by atoms with Gasteiger partial charge in [0, 0.05) is 18.3 Å². The van der Waals surface area contributed by atoms with Crippen LogP contribution in [0.1, 0.15) is 24.7 Å². The lowest BCUT2D eigenvalue weighted by Gasteiger charge is -2.05. The van der Waals surface area contributed by atoms with E-state index in [0.717, 1.165) is 36.1 Å². The zero-order chi connectivity index (χ0) is 11.1. The van der Waals surface area contributed by atoms with Crippen LogP contribution in [0.15, 0.2) is 18.2 Å². The molecule has 1 aliphatic rings. The molecule has 0 unspecified atom stereocenters. The molecule has 0 atom stereocenters. The summed E-state index contributed by atoms with van der Waals surface area (Å²) in [6.45, 7) is 0. The number of aryl methyl sites for hydroxylation is 1.